The zero-order chi connectivity index (χ0) is 16.2. The fourth-order valence-corrected chi connectivity index (χ4v) is 5.51. The molecule has 0 aliphatic heterocycles. The molecule has 6 heteroatoms. The average Bonchev–Trinajstić information content (AvgIpc) is 2.32. The van der Waals surface area contributed by atoms with Crippen LogP contribution in [-0.4, -0.2) is 28.8 Å². The summed E-state index contributed by atoms with van der Waals surface area (Å²) in [5.74, 6) is 0.467. The number of rotatable bonds is 4. The van der Waals surface area contributed by atoms with Crippen LogP contribution < -0.4 is 5.32 Å². The minimum Gasteiger partial charge on any atom is -0.390 e. The molecule has 4 aliphatic carbocycles. The molecule has 4 fully saturated rings. The Hall–Kier alpha value is -0.780. The minimum atomic E-state index is -4.30. The molecule has 0 heterocycles. The molecule has 22 heavy (non-hydrogen) atoms. The maximum atomic E-state index is 12.2. The van der Waals surface area contributed by atoms with Crippen LogP contribution in [-0.2, 0) is 4.79 Å². The highest BCUT2D eigenvalue weighted by molar-refractivity contribution is 5.76. The summed E-state index contributed by atoms with van der Waals surface area (Å²) in [4.78, 5) is 11.8. The molecular weight excluding hydrogens is 295 g/mol. The predicted octanol–water partition coefficient (Wildman–Crippen LogP) is 3.16. The van der Waals surface area contributed by atoms with Gasteiger partial charge in [-0.1, -0.05) is 0 Å². The number of halogens is 3. The van der Waals surface area contributed by atoms with E-state index in [2.05, 4.69) is 5.32 Å². The van der Waals surface area contributed by atoms with E-state index >= 15 is 0 Å². The number of aliphatic hydroxyl groups is 1. The third-order valence-corrected chi connectivity index (χ3v) is 6.01. The van der Waals surface area contributed by atoms with Gasteiger partial charge in [0.2, 0.25) is 5.91 Å². The molecule has 0 aromatic heterocycles. The van der Waals surface area contributed by atoms with Gasteiger partial charge in [-0.3, -0.25) is 4.79 Å². The van der Waals surface area contributed by atoms with Gasteiger partial charge in [-0.15, -0.1) is 0 Å². The maximum absolute atomic E-state index is 12.2. The first-order chi connectivity index (χ1) is 10.1. The van der Waals surface area contributed by atoms with Gasteiger partial charge in [0.1, 0.15) is 0 Å². The van der Waals surface area contributed by atoms with Crippen LogP contribution in [0, 0.1) is 17.3 Å². The molecule has 126 valence electrons. The third-order valence-electron chi connectivity index (χ3n) is 6.01. The van der Waals surface area contributed by atoms with Crippen molar-refractivity contribution in [2.75, 3.05) is 0 Å². The number of alkyl halides is 3. The molecule has 3 unspecified atom stereocenters. The molecule has 2 N–H and O–H groups in total. The monoisotopic (exact) mass is 319 g/mol. The largest absolute Gasteiger partial charge is 0.390 e. The van der Waals surface area contributed by atoms with Gasteiger partial charge in [0, 0.05) is 12.5 Å². The zero-order valence-electron chi connectivity index (χ0n) is 12.9. The van der Waals surface area contributed by atoms with Crippen LogP contribution >= 0.6 is 0 Å². The SMILES string of the molecule is CC(NC(=O)CCC(F)(F)F)C12CC3CC(CC(O)(C3)C1)C2. The van der Waals surface area contributed by atoms with Crippen molar-refractivity contribution in [3.63, 3.8) is 0 Å². The van der Waals surface area contributed by atoms with Crippen LogP contribution in [0.5, 0.6) is 0 Å². The minimum absolute atomic E-state index is 0.132. The van der Waals surface area contributed by atoms with Gasteiger partial charge >= 0.3 is 6.18 Å². The lowest BCUT2D eigenvalue weighted by Gasteiger charge is -2.62. The van der Waals surface area contributed by atoms with E-state index in [0.717, 1.165) is 32.1 Å². The van der Waals surface area contributed by atoms with E-state index in [9.17, 15) is 23.1 Å². The topological polar surface area (TPSA) is 49.3 Å². The van der Waals surface area contributed by atoms with Crippen LogP contribution in [0.3, 0.4) is 0 Å². The molecule has 4 saturated carbocycles. The van der Waals surface area contributed by atoms with Crippen LogP contribution in [0.4, 0.5) is 13.2 Å². The standard InChI is InChI=1S/C16H24F3NO2/c1-10(20-13(21)2-3-16(17,18)19)14-5-11-4-12(6-14)8-15(22,7-11)9-14/h10-12,22H,2-9H2,1H3,(H,20,21). The first kappa shape index (κ1) is 16.1. The Balaban J connectivity index is 1.62. The van der Waals surface area contributed by atoms with Crippen molar-refractivity contribution < 1.29 is 23.1 Å². The quantitative estimate of drug-likeness (QED) is 0.836. The summed E-state index contributed by atoms with van der Waals surface area (Å²) in [5, 5.41) is 13.5. The number of carbonyl (C=O) groups excluding carboxylic acids is 1. The lowest BCUT2D eigenvalue weighted by molar-refractivity contribution is -0.173. The number of amides is 1. The van der Waals surface area contributed by atoms with Gasteiger partial charge in [0.15, 0.2) is 0 Å². The predicted molar refractivity (Wildman–Crippen MR) is 75.0 cm³/mol. The normalized spacial score (nSPS) is 41.5. The highest BCUT2D eigenvalue weighted by atomic mass is 19.4. The first-order valence-corrected chi connectivity index (χ1v) is 8.18. The summed E-state index contributed by atoms with van der Waals surface area (Å²) in [6.07, 6.45) is -0.406. The first-order valence-electron chi connectivity index (χ1n) is 8.18. The Bertz CT molecular complexity index is 449. The Labute approximate surface area is 128 Å². The maximum Gasteiger partial charge on any atom is 0.389 e. The van der Waals surface area contributed by atoms with E-state index in [-0.39, 0.29) is 11.5 Å². The van der Waals surface area contributed by atoms with Gasteiger partial charge < -0.3 is 10.4 Å². The van der Waals surface area contributed by atoms with Crippen molar-refractivity contribution in [2.45, 2.75) is 76.1 Å². The van der Waals surface area contributed by atoms with E-state index in [0.29, 0.717) is 18.3 Å². The van der Waals surface area contributed by atoms with Crippen molar-refractivity contribution in [3.05, 3.63) is 0 Å². The molecular formula is C16H24F3NO2. The second-order valence-corrected chi connectivity index (χ2v) is 7.95. The van der Waals surface area contributed by atoms with E-state index < -0.39 is 30.5 Å². The van der Waals surface area contributed by atoms with Crippen LogP contribution in [0.1, 0.15) is 58.3 Å². The molecule has 3 atom stereocenters. The summed E-state index contributed by atoms with van der Waals surface area (Å²) in [6, 6.07) is -0.175. The zero-order valence-corrected chi connectivity index (χ0v) is 12.9. The fourth-order valence-electron chi connectivity index (χ4n) is 5.51. The van der Waals surface area contributed by atoms with E-state index in [1.54, 1.807) is 0 Å². The molecule has 1 amide bonds. The van der Waals surface area contributed by atoms with E-state index in [1.165, 1.54) is 0 Å². The summed E-state index contributed by atoms with van der Waals surface area (Å²) in [6.45, 7) is 1.89. The lowest BCUT2D eigenvalue weighted by Crippen LogP contribution is -2.61. The van der Waals surface area contributed by atoms with Gasteiger partial charge in [-0.2, -0.15) is 13.2 Å². The summed E-state index contributed by atoms with van der Waals surface area (Å²) in [5.41, 5.74) is -0.748. The van der Waals surface area contributed by atoms with Crippen molar-refractivity contribution in [3.8, 4) is 0 Å². The second kappa shape index (κ2) is 5.11. The second-order valence-electron chi connectivity index (χ2n) is 7.95. The number of hydrogen-bond donors (Lipinski definition) is 2. The molecule has 4 rings (SSSR count). The molecule has 3 nitrogen and oxygen atoms in total. The van der Waals surface area contributed by atoms with Gasteiger partial charge in [-0.25, -0.2) is 0 Å². The van der Waals surface area contributed by atoms with Crippen molar-refractivity contribution in [2.24, 2.45) is 17.3 Å². The summed E-state index contributed by atoms with van der Waals surface area (Å²) < 4.78 is 36.6. The number of hydrogen-bond acceptors (Lipinski definition) is 2. The number of nitrogens with one attached hydrogen (secondary N) is 1. The van der Waals surface area contributed by atoms with Crippen LogP contribution in [0.2, 0.25) is 0 Å². The average molecular weight is 319 g/mol. The highest BCUT2D eigenvalue weighted by Gasteiger charge is 2.58. The summed E-state index contributed by atoms with van der Waals surface area (Å²) >= 11 is 0. The van der Waals surface area contributed by atoms with Gasteiger partial charge in [-0.05, 0) is 62.7 Å². The number of carbonyl (C=O) groups is 1. The molecule has 0 aromatic rings. The molecule has 0 radical (unpaired) electrons. The van der Waals surface area contributed by atoms with Gasteiger partial charge in [0.25, 0.3) is 0 Å². The fraction of sp³-hybridized carbons (Fsp3) is 0.938. The third kappa shape index (κ3) is 3.12. The van der Waals surface area contributed by atoms with Crippen molar-refractivity contribution in [1.29, 1.82) is 0 Å². The van der Waals surface area contributed by atoms with Crippen LogP contribution in [0.15, 0.2) is 0 Å². The molecule has 4 aliphatic rings. The van der Waals surface area contributed by atoms with E-state index in [1.807, 2.05) is 6.92 Å². The van der Waals surface area contributed by atoms with Gasteiger partial charge in [0.05, 0.1) is 12.0 Å². The Morgan fingerprint density at radius 1 is 1.27 bits per heavy atom. The van der Waals surface area contributed by atoms with Crippen LogP contribution in [0.25, 0.3) is 0 Å². The molecule has 0 aromatic carbocycles. The molecule has 0 saturated heterocycles. The Morgan fingerprint density at radius 3 is 2.36 bits per heavy atom. The highest BCUT2D eigenvalue weighted by Crippen LogP contribution is 2.62. The Kier molecular flexibility index (Phi) is 3.74. The summed E-state index contributed by atoms with van der Waals surface area (Å²) in [7, 11) is 0. The van der Waals surface area contributed by atoms with Crippen molar-refractivity contribution in [1.82, 2.24) is 5.32 Å². The molecule has 0 spiro atoms. The van der Waals surface area contributed by atoms with E-state index in [4.69, 9.17) is 0 Å². The Morgan fingerprint density at radius 2 is 1.86 bits per heavy atom. The van der Waals surface area contributed by atoms with Crippen molar-refractivity contribution >= 4 is 5.91 Å². The smallest absolute Gasteiger partial charge is 0.389 e. The lowest BCUT2D eigenvalue weighted by atomic mass is 9.46. The molecule has 4 bridgehead atoms.